The molecule has 3 rings (SSSR count). The van der Waals surface area contributed by atoms with Gasteiger partial charge in [0.25, 0.3) is 0 Å². The molecule has 0 saturated heterocycles. The summed E-state index contributed by atoms with van der Waals surface area (Å²) in [5.41, 5.74) is 5.79. The Morgan fingerprint density at radius 1 is 1.08 bits per heavy atom. The third-order valence-electron chi connectivity index (χ3n) is 4.12. The lowest BCUT2D eigenvalue weighted by Crippen LogP contribution is -2.08. The van der Waals surface area contributed by atoms with Crippen LogP contribution in [0.15, 0.2) is 54.6 Å². The molecule has 3 aromatic rings. The van der Waals surface area contributed by atoms with Gasteiger partial charge in [0.2, 0.25) is 0 Å². The zero-order valence-electron chi connectivity index (χ0n) is 14.3. The largest absolute Gasteiger partial charge is 0.379 e. The quantitative estimate of drug-likeness (QED) is 0.676. The van der Waals surface area contributed by atoms with Gasteiger partial charge in [-0.25, -0.2) is 0 Å². The summed E-state index contributed by atoms with van der Waals surface area (Å²) in [5.74, 6) is 0. The number of rotatable bonds is 5. The van der Waals surface area contributed by atoms with E-state index in [9.17, 15) is 0 Å². The first-order valence-corrected chi connectivity index (χ1v) is 8.51. The van der Waals surface area contributed by atoms with Crippen molar-refractivity contribution in [1.29, 1.82) is 0 Å². The van der Waals surface area contributed by atoms with Crippen LogP contribution in [0, 0.1) is 13.8 Å². The van der Waals surface area contributed by atoms with E-state index in [0.717, 1.165) is 22.9 Å². The maximum atomic E-state index is 5.96. The molecule has 0 amide bonds. The lowest BCUT2D eigenvalue weighted by Gasteiger charge is -2.16. The van der Waals surface area contributed by atoms with E-state index in [1.165, 1.54) is 16.8 Å². The van der Waals surface area contributed by atoms with E-state index in [0.29, 0.717) is 0 Å². The van der Waals surface area contributed by atoms with Crippen molar-refractivity contribution >= 4 is 17.3 Å². The van der Waals surface area contributed by atoms with Crippen LogP contribution < -0.4 is 5.32 Å². The van der Waals surface area contributed by atoms with Crippen molar-refractivity contribution in [3.8, 4) is 0 Å². The van der Waals surface area contributed by atoms with Gasteiger partial charge in [0.05, 0.1) is 12.2 Å². The van der Waals surface area contributed by atoms with Crippen LogP contribution in [0.1, 0.15) is 35.5 Å². The summed E-state index contributed by atoms with van der Waals surface area (Å²) < 4.78 is 2.04. The maximum absolute atomic E-state index is 5.96. The number of halogens is 1. The van der Waals surface area contributed by atoms with Gasteiger partial charge < -0.3 is 5.32 Å². The molecule has 0 fully saturated rings. The maximum Gasteiger partial charge on any atom is 0.0663 e. The monoisotopic (exact) mass is 339 g/mol. The Morgan fingerprint density at radius 2 is 1.83 bits per heavy atom. The molecule has 0 saturated carbocycles. The highest BCUT2D eigenvalue weighted by Crippen LogP contribution is 2.22. The Morgan fingerprint density at radius 3 is 2.50 bits per heavy atom. The number of nitrogens with zero attached hydrogens (tertiary/aromatic N) is 2. The lowest BCUT2D eigenvalue weighted by atomic mass is 10.1. The fourth-order valence-corrected chi connectivity index (χ4v) is 2.98. The Hall–Kier alpha value is -2.26. The van der Waals surface area contributed by atoms with Gasteiger partial charge in [0, 0.05) is 22.4 Å². The first-order chi connectivity index (χ1) is 11.5. The van der Waals surface area contributed by atoms with E-state index in [-0.39, 0.29) is 6.04 Å². The molecule has 0 spiro atoms. The standard InChI is InChI=1S/C20H22ClN3/c1-14-11-15(2)24(23-14)13-17-5-4-6-20(12-17)22-16(3)18-7-9-19(21)10-8-18/h4-12,16,22H,13H2,1-3H3. The minimum Gasteiger partial charge on any atom is -0.379 e. The number of benzene rings is 2. The first-order valence-electron chi connectivity index (χ1n) is 8.13. The van der Waals surface area contributed by atoms with Gasteiger partial charge in [-0.2, -0.15) is 5.10 Å². The Kier molecular flexibility index (Phi) is 4.91. The summed E-state index contributed by atoms with van der Waals surface area (Å²) in [7, 11) is 0. The van der Waals surface area contributed by atoms with Gasteiger partial charge >= 0.3 is 0 Å². The van der Waals surface area contributed by atoms with Gasteiger partial charge in [0.15, 0.2) is 0 Å². The molecule has 1 heterocycles. The van der Waals surface area contributed by atoms with Crippen molar-refractivity contribution in [3.05, 3.63) is 82.1 Å². The molecule has 1 atom stereocenters. The summed E-state index contributed by atoms with van der Waals surface area (Å²) in [6, 6.07) is 18.8. The molecule has 1 aromatic heterocycles. The molecule has 0 aliphatic carbocycles. The van der Waals surface area contributed by atoms with Crippen LogP contribution in [-0.4, -0.2) is 9.78 Å². The molecular weight excluding hydrogens is 318 g/mol. The third kappa shape index (κ3) is 3.98. The van der Waals surface area contributed by atoms with Crippen molar-refractivity contribution in [2.45, 2.75) is 33.4 Å². The van der Waals surface area contributed by atoms with E-state index in [1.54, 1.807) is 0 Å². The number of hydrogen-bond acceptors (Lipinski definition) is 2. The van der Waals surface area contributed by atoms with Crippen LogP contribution in [0.4, 0.5) is 5.69 Å². The van der Waals surface area contributed by atoms with E-state index in [2.05, 4.69) is 66.7 Å². The van der Waals surface area contributed by atoms with E-state index >= 15 is 0 Å². The average Bonchev–Trinajstić information content (AvgIpc) is 2.86. The summed E-state index contributed by atoms with van der Waals surface area (Å²) in [4.78, 5) is 0. The highest BCUT2D eigenvalue weighted by molar-refractivity contribution is 6.30. The Labute approximate surface area is 148 Å². The molecule has 1 unspecified atom stereocenters. The zero-order valence-corrected chi connectivity index (χ0v) is 15.0. The summed E-state index contributed by atoms with van der Waals surface area (Å²) in [6.07, 6.45) is 0. The predicted molar refractivity (Wildman–Crippen MR) is 101 cm³/mol. The van der Waals surface area contributed by atoms with Crippen molar-refractivity contribution < 1.29 is 0 Å². The second kappa shape index (κ2) is 7.10. The predicted octanol–water partition coefficient (Wildman–Crippen LogP) is 5.37. The van der Waals surface area contributed by atoms with Crippen LogP contribution in [0.3, 0.4) is 0 Å². The number of hydrogen-bond donors (Lipinski definition) is 1. The normalized spacial score (nSPS) is 12.2. The van der Waals surface area contributed by atoms with Crippen molar-refractivity contribution in [1.82, 2.24) is 9.78 Å². The zero-order chi connectivity index (χ0) is 17.1. The van der Waals surface area contributed by atoms with Gasteiger partial charge in [-0.3, -0.25) is 4.68 Å². The minimum atomic E-state index is 0.214. The summed E-state index contributed by atoms with van der Waals surface area (Å²) in [6.45, 7) is 7.04. The molecule has 0 aliphatic rings. The molecule has 3 nitrogen and oxygen atoms in total. The smallest absolute Gasteiger partial charge is 0.0663 e. The van der Waals surface area contributed by atoms with Crippen LogP contribution in [0.5, 0.6) is 0 Å². The van der Waals surface area contributed by atoms with Crippen molar-refractivity contribution in [2.24, 2.45) is 0 Å². The van der Waals surface area contributed by atoms with Crippen LogP contribution >= 0.6 is 11.6 Å². The number of aryl methyl sites for hydroxylation is 2. The number of nitrogens with one attached hydrogen (secondary N) is 1. The molecule has 0 bridgehead atoms. The van der Waals surface area contributed by atoms with Crippen LogP contribution in [0.25, 0.3) is 0 Å². The van der Waals surface area contributed by atoms with Gasteiger partial charge in [-0.05, 0) is 62.2 Å². The molecule has 0 aliphatic heterocycles. The Bertz CT molecular complexity index is 821. The van der Waals surface area contributed by atoms with Crippen molar-refractivity contribution in [3.63, 3.8) is 0 Å². The van der Waals surface area contributed by atoms with E-state index in [4.69, 9.17) is 11.6 Å². The lowest BCUT2D eigenvalue weighted by molar-refractivity contribution is 0.659. The van der Waals surface area contributed by atoms with E-state index in [1.807, 2.05) is 23.7 Å². The van der Waals surface area contributed by atoms with E-state index < -0.39 is 0 Å². The van der Waals surface area contributed by atoms with Crippen LogP contribution in [0.2, 0.25) is 5.02 Å². The van der Waals surface area contributed by atoms with Gasteiger partial charge in [-0.15, -0.1) is 0 Å². The molecule has 124 valence electrons. The van der Waals surface area contributed by atoms with Crippen LogP contribution in [-0.2, 0) is 6.54 Å². The highest BCUT2D eigenvalue weighted by Gasteiger charge is 2.07. The topological polar surface area (TPSA) is 29.9 Å². The van der Waals surface area contributed by atoms with Crippen molar-refractivity contribution in [2.75, 3.05) is 5.32 Å². The summed E-state index contributed by atoms with van der Waals surface area (Å²) >= 11 is 5.96. The fourth-order valence-electron chi connectivity index (χ4n) is 2.85. The fraction of sp³-hybridized carbons (Fsp3) is 0.250. The molecular formula is C20H22ClN3. The first kappa shape index (κ1) is 16.6. The summed E-state index contributed by atoms with van der Waals surface area (Å²) in [5, 5.41) is 8.85. The highest BCUT2D eigenvalue weighted by atomic mass is 35.5. The second-order valence-corrected chi connectivity index (χ2v) is 6.64. The molecule has 1 N–H and O–H groups in total. The molecule has 24 heavy (non-hydrogen) atoms. The molecule has 2 aromatic carbocycles. The minimum absolute atomic E-state index is 0.214. The second-order valence-electron chi connectivity index (χ2n) is 6.20. The van der Waals surface area contributed by atoms with Gasteiger partial charge in [0.1, 0.15) is 0 Å². The molecule has 0 radical (unpaired) electrons. The SMILES string of the molecule is Cc1cc(C)n(Cc2cccc(NC(C)c3ccc(Cl)cc3)c2)n1. The third-order valence-corrected chi connectivity index (χ3v) is 4.37. The number of anilines is 1. The molecule has 4 heteroatoms. The Balaban J connectivity index is 1.73. The van der Waals surface area contributed by atoms with Gasteiger partial charge in [-0.1, -0.05) is 35.9 Å². The average molecular weight is 340 g/mol. The number of aromatic nitrogens is 2.